The molecule has 0 aromatic rings. The molecule has 0 fully saturated rings. The number of hydrogen-bond acceptors (Lipinski definition) is 2. The monoisotopic (exact) mass is 187 g/mol. The van der Waals surface area contributed by atoms with Gasteiger partial charge < -0.3 is 10.0 Å². The quantitative estimate of drug-likeness (QED) is 0.728. The highest BCUT2D eigenvalue weighted by molar-refractivity contribution is 5.67. The van der Waals surface area contributed by atoms with Crippen molar-refractivity contribution in [1.82, 2.24) is 4.90 Å². The molecule has 3 nitrogen and oxygen atoms in total. The molecule has 78 valence electrons. The molecule has 0 aromatic heterocycles. The van der Waals surface area contributed by atoms with Crippen LogP contribution in [0.5, 0.6) is 0 Å². The Balaban J connectivity index is 4.28. The fraction of sp³-hybridized carbons (Fsp3) is 0.900. The van der Waals surface area contributed by atoms with Gasteiger partial charge >= 0.3 is 5.97 Å². The van der Waals surface area contributed by atoms with Crippen LogP contribution in [0.1, 0.15) is 27.2 Å². The second-order valence-corrected chi connectivity index (χ2v) is 4.92. The number of carbonyl (C=O) groups is 1. The smallest absolute Gasteiger partial charge is 0.303 e. The summed E-state index contributed by atoms with van der Waals surface area (Å²) in [7, 11) is 3.95. The summed E-state index contributed by atoms with van der Waals surface area (Å²) in [6.07, 6.45) is 0.252. The SMILES string of the molecule is CN(C)CC(CC(=O)O)C(C)(C)C. The maximum absolute atomic E-state index is 10.6. The number of carboxylic acid groups (broad SMARTS) is 1. The molecule has 0 radical (unpaired) electrons. The molecule has 0 amide bonds. The minimum Gasteiger partial charge on any atom is -0.481 e. The largest absolute Gasteiger partial charge is 0.481 e. The Morgan fingerprint density at radius 3 is 2.08 bits per heavy atom. The Morgan fingerprint density at radius 2 is 1.85 bits per heavy atom. The second kappa shape index (κ2) is 4.61. The molecule has 0 aliphatic heterocycles. The summed E-state index contributed by atoms with van der Waals surface area (Å²) in [6.45, 7) is 7.09. The zero-order valence-corrected chi connectivity index (χ0v) is 9.29. The number of nitrogens with zero attached hydrogens (tertiary/aromatic N) is 1. The fourth-order valence-electron chi connectivity index (χ4n) is 1.30. The molecule has 0 bridgehead atoms. The topological polar surface area (TPSA) is 40.5 Å². The van der Waals surface area contributed by atoms with Crippen LogP contribution in [0, 0.1) is 11.3 Å². The van der Waals surface area contributed by atoms with Crippen LogP contribution >= 0.6 is 0 Å². The standard InChI is InChI=1S/C10H21NO2/c1-10(2,3)8(6-9(12)13)7-11(4)5/h8H,6-7H2,1-5H3,(H,12,13). The van der Waals surface area contributed by atoms with Gasteiger partial charge in [0.2, 0.25) is 0 Å². The molecule has 0 heterocycles. The Kier molecular flexibility index (Phi) is 4.40. The molecule has 1 atom stereocenters. The maximum atomic E-state index is 10.6. The number of rotatable bonds is 4. The van der Waals surface area contributed by atoms with Gasteiger partial charge in [-0.2, -0.15) is 0 Å². The summed E-state index contributed by atoms with van der Waals surface area (Å²) in [5.74, 6) is -0.498. The van der Waals surface area contributed by atoms with E-state index in [2.05, 4.69) is 20.8 Å². The summed E-state index contributed by atoms with van der Waals surface area (Å²) >= 11 is 0. The van der Waals surface area contributed by atoms with E-state index >= 15 is 0 Å². The molecule has 0 saturated heterocycles. The third kappa shape index (κ3) is 5.64. The number of aliphatic carboxylic acids is 1. The highest BCUT2D eigenvalue weighted by Gasteiger charge is 2.27. The van der Waals surface area contributed by atoms with Crippen LogP contribution in [0.2, 0.25) is 0 Å². The van der Waals surface area contributed by atoms with Crippen molar-refractivity contribution in [3.05, 3.63) is 0 Å². The van der Waals surface area contributed by atoms with E-state index in [1.807, 2.05) is 19.0 Å². The molecular weight excluding hydrogens is 166 g/mol. The first-order valence-electron chi connectivity index (χ1n) is 4.60. The number of carboxylic acids is 1. The molecule has 0 aliphatic rings. The average molecular weight is 187 g/mol. The molecular formula is C10H21NO2. The molecule has 1 N–H and O–H groups in total. The Bertz CT molecular complexity index is 170. The zero-order valence-electron chi connectivity index (χ0n) is 9.29. The average Bonchev–Trinajstić information content (AvgIpc) is 1.81. The summed E-state index contributed by atoms with van der Waals surface area (Å²) in [5.41, 5.74) is 0.0582. The van der Waals surface area contributed by atoms with E-state index in [0.717, 1.165) is 6.54 Å². The normalized spacial score (nSPS) is 14.6. The van der Waals surface area contributed by atoms with E-state index in [9.17, 15) is 4.79 Å². The van der Waals surface area contributed by atoms with Crippen molar-refractivity contribution in [2.75, 3.05) is 20.6 Å². The molecule has 0 rings (SSSR count). The minimum atomic E-state index is -0.707. The molecule has 0 aromatic carbocycles. The van der Waals surface area contributed by atoms with Crippen LogP contribution in [0.3, 0.4) is 0 Å². The maximum Gasteiger partial charge on any atom is 0.303 e. The lowest BCUT2D eigenvalue weighted by Crippen LogP contribution is -2.33. The van der Waals surface area contributed by atoms with Gasteiger partial charge in [-0.15, -0.1) is 0 Å². The molecule has 3 heteroatoms. The van der Waals surface area contributed by atoms with E-state index in [1.54, 1.807) is 0 Å². The lowest BCUT2D eigenvalue weighted by atomic mass is 9.78. The molecule has 1 unspecified atom stereocenters. The summed E-state index contributed by atoms with van der Waals surface area (Å²) in [5, 5.41) is 8.74. The van der Waals surface area contributed by atoms with Crippen LogP contribution in [0.4, 0.5) is 0 Å². The summed E-state index contributed by atoms with van der Waals surface area (Å²) < 4.78 is 0. The van der Waals surface area contributed by atoms with Crippen LogP contribution in [0.15, 0.2) is 0 Å². The van der Waals surface area contributed by atoms with Gasteiger partial charge in [-0.05, 0) is 25.4 Å². The van der Waals surface area contributed by atoms with Gasteiger partial charge in [-0.3, -0.25) is 4.79 Å². The van der Waals surface area contributed by atoms with E-state index in [0.29, 0.717) is 0 Å². The van der Waals surface area contributed by atoms with Gasteiger partial charge in [0, 0.05) is 13.0 Å². The van der Waals surface area contributed by atoms with Crippen molar-refractivity contribution in [3.8, 4) is 0 Å². The highest BCUT2D eigenvalue weighted by atomic mass is 16.4. The Labute approximate surface area is 80.7 Å². The third-order valence-electron chi connectivity index (χ3n) is 2.23. The molecule has 0 aliphatic carbocycles. The van der Waals surface area contributed by atoms with Crippen LogP contribution in [-0.4, -0.2) is 36.6 Å². The first kappa shape index (κ1) is 12.4. The van der Waals surface area contributed by atoms with Crippen molar-refractivity contribution in [3.63, 3.8) is 0 Å². The lowest BCUT2D eigenvalue weighted by molar-refractivity contribution is -0.139. The Hall–Kier alpha value is -0.570. The van der Waals surface area contributed by atoms with Gasteiger partial charge in [-0.1, -0.05) is 20.8 Å². The first-order chi connectivity index (χ1) is 5.73. The molecule has 0 spiro atoms. The van der Waals surface area contributed by atoms with Crippen molar-refractivity contribution >= 4 is 5.97 Å². The van der Waals surface area contributed by atoms with E-state index in [1.165, 1.54) is 0 Å². The van der Waals surface area contributed by atoms with Gasteiger partial charge in [0.15, 0.2) is 0 Å². The van der Waals surface area contributed by atoms with Crippen molar-refractivity contribution in [2.45, 2.75) is 27.2 Å². The molecule has 13 heavy (non-hydrogen) atoms. The summed E-state index contributed by atoms with van der Waals surface area (Å²) in [4.78, 5) is 12.7. The Morgan fingerprint density at radius 1 is 1.38 bits per heavy atom. The van der Waals surface area contributed by atoms with Crippen LogP contribution < -0.4 is 0 Å². The van der Waals surface area contributed by atoms with Crippen molar-refractivity contribution in [2.24, 2.45) is 11.3 Å². The van der Waals surface area contributed by atoms with E-state index in [-0.39, 0.29) is 17.8 Å². The van der Waals surface area contributed by atoms with Crippen LogP contribution in [0.25, 0.3) is 0 Å². The lowest BCUT2D eigenvalue weighted by Gasteiger charge is -2.31. The third-order valence-corrected chi connectivity index (χ3v) is 2.23. The van der Waals surface area contributed by atoms with Crippen molar-refractivity contribution in [1.29, 1.82) is 0 Å². The predicted molar refractivity (Wildman–Crippen MR) is 53.8 cm³/mol. The van der Waals surface area contributed by atoms with Crippen molar-refractivity contribution < 1.29 is 9.90 Å². The van der Waals surface area contributed by atoms with E-state index < -0.39 is 5.97 Å². The molecule has 0 saturated carbocycles. The second-order valence-electron chi connectivity index (χ2n) is 4.92. The van der Waals surface area contributed by atoms with E-state index in [4.69, 9.17) is 5.11 Å². The summed E-state index contributed by atoms with van der Waals surface area (Å²) in [6, 6.07) is 0. The minimum absolute atomic E-state index is 0.0582. The predicted octanol–water partition coefficient (Wildman–Crippen LogP) is 1.68. The highest BCUT2D eigenvalue weighted by Crippen LogP contribution is 2.28. The van der Waals surface area contributed by atoms with Gasteiger partial charge in [0.1, 0.15) is 0 Å². The fourth-order valence-corrected chi connectivity index (χ4v) is 1.30. The first-order valence-corrected chi connectivity index (χ1v) is 4.60. The zero-order chi connectivity index (χ0) is 10.6. The number of hydrogen-bond donors (Lipinski definition) is 1. The van der Waals surface area contributed by atoms with Gasteiger partial charge in [0.25, 0.3) is 0 Å². The van der Waals surface area contributed by atoms with Crippen LogP contribution in [-0.2, 0) is 4.79 Å². The van der Waals surface area contributed by atoms with Gasteiger partial charge in [0.05, 0.1) is 0 Å². The van der Waals surface area contributed by atoms with Gasteiger partial charge in [-0.25, -0.2) is 0 Å².